The summed E-state index contributed by atoms with van der Waals surface area (Å²) in [4.78, 5) is 11.5. The zero-order valence-corrected chi connectivity index (χ0v) is 11.3. The maximum atomic E-state index is 11.5. The molecule has 1 amide bonds. The Kier molecular flexibility index (Phi) is 3.34. The number of nitrogens with one attached hydrogen (secondary N) is 2. The number of carbonyl (C=O) groups is 1. The number of rotatable bonds is 8. The quantitative estimate of drug-likeness (QED) is 0.611. The Labute approximate surface area is 135 Å². The highest BCUT2D eigenvalue weighted by Crippen LogP contribution is 2.06. The van der Waals surface area contributed by atoms with Gasteiger partial charge in [0, 0.05) is 18.9 Å². The lowest BCUT2D eigenvalue weighted by atomic mass is 9.99. The van der Waals surface area contributed by atoms with Crippen LogP contribution in [0, 0.1) is 5.89 Å². The molecule has 5 heteroatoms. The van der Waals surface area contributed by atoms with E-state index in [9.17, 15) is 9.90 Å². The monoisotopic (exact) mass is 285 g/mol. The summed E-state index contributed by atoms with van der Waals surface area (Å²) in [6.07, 6.45) is -1.18. The summed E-state index contributed by atoms with van der Waals surface area (Å²) in [5, 5.41) is 15.1. The molecule has 0 heterocycles. The SMILES string of the molecule is [2H]C([2H])([2H])C([2H])(C([2H])([2H])[2H])C([2H])([2H])NC[C@@H](O)[C@H](Cc1ccccc1)NC(B)=O. The van der Waals surface area contributed by atoms with Crippen LogP contribution in [0.25, 0.3) is 0 Å². The van der Waals surface area contributed by atoms with Gasteiger partial charge in [0.1, 0.15) is 0 Å². The van der Waals surface area contributed by atoms with Crippen molar-refractivity contribution in [2.45, 2.75) is 32.3 Å². The predicted octanol–water partition coefficient (Wildman–Crippen LogP) is 0.547. The van der Waals surface area contributed by atoms with E-state index in [0.717, 1.165) is 5.56 Å². The van der Waals surface area contributed by atoms with E-state index in [2.05, 4.69) is 10.6 Å². The first-order valence-electron chi connectivity index (χ1n) is 10.8. The summed E-state index contributed by atoms with van der Waals surface area (Å²) in [7, 11) is 1.25. The highest BCUT2D eigenvalue weighted by atomic mass is 16.3. The van der Waals surface area contributed by atoms with Crippen molar-refractivity contribution in [3.8, 4) is 0 Å². The van der Waals surface area contributed by atoms with Crippen molar-refractivity contribution in [2.75, 3.05) is 13.0 Å². The van der Waals surface area contributed by atoms with E-state index >= 15 is 0 Å². The summed E-state index contributed by atoms with van der Waals surface area (Å²) < 4.78 is 68.2. The zero-order valence-electron chi connectivity index (χ0n) is 20.3. The van der Waals surface area contributed by atoms with Crippen molar-refractivity contribution in [2.24, 2.45) is 5.89 Å². The minimum atomic E-state index is -3.48. The molecule has 0 spiro atoms. The Hall–Kier alpha value is -1.33. The molecule has 0 bridgehead atoms. The van der Waals surface area contributed by atoms with Gasteiger partial charge in [-0.05, 0) is 24.4 Å². The first-order chi connectivity index (χ1) is 13.0. The van der Waals surface area contributed by atoms with Gasteiger partial charge in [-0.1, -0.05) is 44.0 Å². The standard InChI is InChI=1S/C15H25BN2O2/c1-11(2)9-17-10-14(19)13(18-15(16)20)8-12-6-4-3-5-7-12/h3-7,11,13-14,17,19H,8-10,16H2,1-2H3,(H,18,20)/t13-,14+/m0/s1/i1D3,2D3,9D2,11D. The highest BCUT2D eigenvalue weighted by molar-refractivity contribution is 6.57. The molecule has 0 aliphatic rings. The average Bonchev–Trinajstić information content (AvgIpc) is 2.56. The fraction of sp³-hybridized carbons (Fsp3) is 0.533. The number of aliphatic hydroxyl groups excluding tert-OH is 1. The van der Waals surface area contributed by atoms with Gasteiger partial charge in [0.15, 0.2) is 5.81 Å². The van der Waals surface area contributed by atoms with Gasteiger partial charge < -0.3 is 15.7 Å². The smallest absolute Gasteiger partial charge is 0.215 e. The second kappa shape index (κ2) is 8.77. The lowest BCUT2D eigenvalue weighted by molar-refractivity contribution is 0.128. The Morgan fingerprint density at radius 2 is 2.20 bits per heavy atom. The molecule has 0 radical (unpaired) electrons. The number of carbonyl (C=O) groups excluding carboxylic acids is 1. The van der Waals surface area contributed by atoms with Gasteiger partial charge in [-0.2, -0.15) is 0 Å². The Morgan fingerprint density at radius 3 is 2.80 bits per heavy atom. The van der Waals surface area contributed by atoms with Crippen molar-refractivity contribution in [1.82, 2.24) is 10.6 Å². The van der Waals surface area contributed by atoms with Gasteiger partial charge in [0.25, 0.3) is 0 Å². The average molecular weight is 285 g/mol. The third kappa shape index (κ3) is 6.73. The van der Waals surface area contributed by atoms with Gasteiger partial charge in [-0.3, -0.25) is 4.79 Å². The number of aliphatic hydroxyl groups is 1. The first kappa shape index (κ1) is 7.62. The molecule has 1 aromatic rings. The molecule has 4 nitrogen and oxygen atoms in total. The minimum Gasteiger partial charge on any atom is -0.390 e. The summed E-state index contributed by atoms with van der Waals surface area (Å²) in [6.45, 7) is -10.7. The van der Waals surface area contributed by atoms with Crippen LogP contribution in [0.4, 0.5) is 4.79 Å². The molecule has 0 saturated heterocycles. The van der Waals surface area contributed by atoms with Crippen molar-refractivity contribution < 1.29 is 22.2 Å². The summed E-state index contributed by atoms with van der Waals surface area (Å²) in [5.41, 5.74) is 0.785. The molecule has 0 fully saturated rings. The highest BCUT2D eigenvalue weighted by Gasteiger charge is 2.20. The van der Waals surface area contributed by atoms with E-state index in [1.807, 2.05) is 0 Å². The molecule has 0 unspecified atom stereocenters. The maximum Gasteiger partial charge on any atom is 0.215 e. The van der Waals surface area contributed by atoms with E-state index in [1.165, 1.54) is 7.85 Å². The van der Waals surface area contributed by atoms with E-state index in [4.69, 9.17) is 12.3 Å². The van der Waals surface area contributed by atoms with E-state index in [0.29, 0.717) is 0 Å². The largest absolute Gasteiger partial charge is 0.390 e. The fourth-order valence-electron chi connectivity index (χ4n) is 1.80. The Bertz CT molecular complexity index is 669. The van der Waals surface area contributed by atoms with Gasteiger partial charge in [0.05, 0.1) is 12.1 Å². The van der Waals surface area contributed by atoms with Crippen LogP contribution in [0.2, 0.25) is 0 Å². The third-order valence-electron chi connectivity index (χ3n) is 2.68. The van der Waals surface area contributed by atoms with E-state index in [1.54, 1.807) is 30.3 Å². The molecule has 0 aliphatic carbocycles. The molecule has 20 heavy (non-hydrogen) atoms. The van der Waals surface area contributed by atoms with Gasteiger partial charge in [-0.25, -0.2) is 0 Å². The van der Waals surface area contributed by atoms with E-state index in [-0.39, 0.29) is 6.42 Å². The summed E-state index contributed by atoms with van der Waals surface area (Å²) >= 11 is 0. The van der Waals surface area contributed by atoms with Crippen LogP contribution in [0.5, 0.6) is 0 Å². The lowest BCUT2D eigenvalue weighted by Crippen LogP contribution is -2.48. The van der Waals surface area contributed by atoms with Crippen molar-refractivity contribution in [3.05, 3.63) is 35.9 Å². The molecular formula is C15H25BN2O2. The van der Waals surface area contributed by atoms with Gasteiger partial charge in [0.2, 0.25) is 7.85 Å². The predicted molar refractivity (Wildman–Crippen MR) is 84.7 cm³/mol. The molecule has 3 N–H and O–H groups in total. The van der Waals surface area contributed by atoms with E-state index < -0.39 is 50.6 Å². The molecule has 2 atom stereocenters. The molecular weight excluding hydrogens is 251 g/mol. The van der Waals surface area contributed by atoms with Crippen LogP contribution in [-0.2, 0) is 6.42 Å². The number of hydrogen-bond acceptors (Lipinski definition) is 3. The van der Waals surface area contributed by atoms with Crippen LogP contribution >= 0.6 is 0 Å². The van der Waals surface area contributed by atoms with Crippen LogP contribution in [0.3, 0.4) is 0 Å². The van der Waals surface area contributed by atoms with Crippen molar-refractivity contribution in [1.29, 1.82) is 0 Å². The number of benzene rings is 1. The normalized spacial score (nSPS) is 23.1. The molecule has 1 aromatic carbocycles. The molecule has 0 aliphatic heterocycles. The topological polar surface area (TPSA) is 61.4 Å². The Morgan fingerprint density at radius 1 is 1.50 bits per heavy atom. The second-order valence-electron chi connectivity index (χ2n) is 4.44. The fourth-order valence-corrected chi connectivity index (χ4v) is 1.80. The summed E-state index contributed by atoms with van der Waals surface area (Å²) in [6, 6.07) is 8.02. The first-order valence-corrected chi connectivity index (χ1v) is 6.27. The number of amides is 1. The minimum absolute atomic E-state index is 0.205. The third-order valence-corrected chi connectivity index (χ3v) is 2.68. The van der Waals surface area contributed by atoms with Crippen LogP contribution in [0.15, 0.2) is 30.3 Å². The van der Waals surface area contributed by atoms with Crippen LogP contribution in [-0.4, -0.2) is 43.9 Å². The molecule has 0 saturated carbocycles. The van der Waals surface area contributed by atoms with Gasteiger partial charge in [-0.15, -0.1) is 0 Å². The molecule has 1 rings (SSSR count). The molecule has 110 valence electrons. The number of hydrogen-bond donors (Lipinski definition) is 3. The zero-order chi connectivity index (χ0) is 22.7. The van der Waals surface area contributed by atoms with Crippen LogP contribution < -0.4 is 10.6 Å². The van der Waals surface area contributed by atoms with Gasteiger partial charge >= 0.3 is 0 Å². The van der Waals surface area contributed by atoms with Crippen molar-refractivity contribution >= 4 is 13.7 Å². The Balaban J connectivity index is 3.02. The lowest BCUT2D eigenvalue weighted by Gasteiger charge is -2.24. The maximum absolute atomic E-state index is 11.5. The van der Waals surface area contributed by atoms with Crippen LogP contribution in [0.1, 0.15) is 31.6 Å². The molecule has 0 aromatic heterocycles. The van der Waals surface area contributed by atoms with Crippen molar-refractivity contribution in [3.63, 3.8) is 0 Å². The summed E-state index contributed by atoms with van der Waals surface area (Å²) in [5.74, 6) is -3.91. The second-order valence-corrected chi connectivity index (χ2v) is 4.44.